The summed E-state index contributed by atoms with van der Waals surface area (Å²) in [7, 11) is 1.79. The number of hydrogen-bond donors (Lipinski definition) is 1. The van der Waals surface area contributed by atoms with Gasteiger partial charge in [-0.05, 0) is 12.5 Å². The molecule has 0 saturated carbocycles. The van der Waals surface area contributed by atoms with E-state index in [0.29, 0.717) is 4.88 Å². The van der Waals surface area contributed by atoms with Crippen LogP contribution in [0.15, 0.2) is 11.7 Å². The predicted molar refractivity (Wildman–Crippen MR) is 56.0 cm³/mol. The van der Waals surface area contributed by atoms with Gasteiger partial charge in [0.2, 0.25) is 0 Å². The number of carboxylic acid groups (broad SMARTS) is 1. The van der Waals surface area contributed by atoms with Crippen molar-refractivity contribution in [3.05, 3.63) is 23.0 Å². The van der Waals surface area contributed by atoms with Gasteiger partial charge in [0.25, 0.3) is 0 Å². The second-order valence-corrected chi connectivity index (χ2v) is 3.99. The van der Waals surface area contributed by atoms with Crippen LogP contribution in [-0.4, -0.2) is 25.8 Å². The Morgan fingerprint density at radius 1 is 1.60 bits per heavy atom. The first-order chi connectivity index (χ1) is 7.11. The molecule has 0 aliphatic carbocycles. The van der Waals surface area contributed by atoms with Crippen LogP contribution in [0.4, 0.5) is 0 Å². The predicted octanol–water partition coefficient (Wildman–Crippen LogP) is 1.55. The highest BCUT2D eigenvalue weighted by Crippen LogP contribution is 2.29. The molecule has 2 aromatic rings. The lowest BCUT2D eigenvalue weighted by Gasteiger charge is -2.01. The van der Waals surface area contributed by atoms with E-state index in [9.17, 15) is 4.79 Å². The molecule has 0 spiro atoms. The van der Waals surface area contributed by atoms with Crippen LogP contribution >= 0.6 is 11.3 Å². The lowest BCUT2D eigenvalue weighted by molar-refractivity contribution is 0.0692. The summed E-state index contributed by atoms with van der Waals surface area (Å²) >= 11 is 1.31. The van der Waals surface area contributed by atoms with Crippen molar-refractivity contribution in [3.8, 4) is 10.6 Å². The van der Waals surface area contributed by atoms with E-state index in [4.69, 9.17) is 5.11 Å². The second kappa shape index (κ2) is 3.47. The third-order valence-electron chi connectivity index (χ3n) is 2.11. The molecule has 0 radical (unpaired) electrons. The van der Waals surface area contributed by atoms with Gasteiger partial charge in [-0.1, -0.05) is 0 Å². The molecule has 0 aliphatic rings. The molecule has 0 aromatic carbocycles. The SMILES string of the molecule is Cc1cnn(C)c1-c1scnc1C(=O)O. The summed E-state index contributed by atoms with van der Waals surface area (Å²) < 4.78 is 1.66. The summed E-state index contributed by atoms with van der Waals surface area (Å²) in [6.07, 6.45) is 1.71. The van der Waals surface area contributed by atoms with Gasteiger partial charge in [0, 0.05) is 7.05 Å². The first-order valence-corrected chi connectivity index (χ1v) is 5.15. The molecular weight excluding hydrogens is 214 g/mol. The van der Waals surface area contributed by atoms with E-state index in [0.717, 1.165) is 11.3 Å². The van der Waals surface area contributed by atoms with Crippen molar-refractivity contribution in [1.29, 1.82) is 0 Å². The zero-order valence-electron chi connectivity index (χ0n) is 8.26. The third-order valence-corrected chi connectivity index (χ3v) is 2.94. The highest BCUT2D eigenvalue weighted by molar-refractivity contribution is 7.13. The van der Waals surface area contributed by atoms with E-state index in [2.05, 4.69) is 10.1 Å². The first-order valence-electron chi connectivity index (χ1n) is 4.27. The number of thiazole rings is 1. The van der Waals surface area contributed by atoms with Crippen LogP contribution in [0, 0.1) is 6.92 Å². The minimum Gasteiger partial charge on any atom is -0.476 e. The van der Waals surface area contributed by atoms with Crippen molar-refractivity contribution in [2.45, 2.75) is 6.92 Å². The van der Waals surface area contributed by atoms with Gasteiger partial charge in [0.1, 0.15) is 0 Å². The Morgan fingerprint density at radius 3 is 2.87 bits per heavy atom. The lowest BCUT2D eigenvalue weighted by Crippen LogP contribution is -2.01. The van der Waals surface area contributed by atoms with Gasteiger partial charge in [-0.2, -0.15) is 5.10 Å². The molecule has 0 fully saturated rings. The molecule has 2 aromatic heterocycles. The Labute approximate surface area is 90.0 Å². The fraction of sp³-hybridized carbons (Fsp3) is 0.222. The number of aromatic carboxylic acids is 1. The van der Waals surface area contributed by atoms with Gasteiger partial charge < -0.3 is 5.11 Å². The fourth-order valence-electron chi connectivity index (χ4n) is 1.44. The molecule has 0 atom stereocenters. The summed E-state index contributed by atoms with van der Waals surface area (Å²) in [6.45, 7) is 1.90. The third kappa shape index (κ3) is 1.52. The fourth-order valence-corrected chi connectivity index (χ4v) is 2.36. The number of nitrogens with zero attached hydrogens (tertiary/aromatic N) is 3. The average Bonchev–Trinajstić information content (AvgIpc) is 2.73. The summed E-state index contributed by atoms with van der Waals surface area (Å²) in [5.41, 5.74) is 3.39. The minimum atomic E-state index is -1.01. The maximum atomic E-state index is 10.9. The Balaban J connectivity index is 2.64. The molecule has 15 heavy (non-hydrogen) atoms. The van der Waals surface area contributed by atoms with E-state index >= 15 is 0 Å². The van der Waals surface area contributed by atoms with Crippen LogP contribution < -0.4 is 0 Å². The van der Waals surface area contributed by atoms with Crippen LogP contribution in [0.5, 0.6) is 0 Å². The van der Waals surface area contributed by atoms with E-state index < -0.39 is 5.97 Å². The van der Waals surface area contributed by atoms with Crippen molar-refractivity contribution >= 4 is 17.3 Å². The molecule has 5 nitrogen and oxygen atoms in total. The maximum absolute atomic E-state index is 10.9. The highest BCUT2D eigenvalue weighted by atomic mass is 32.1. The van der Waals surface area contributed by atoms with Gasteiger partial charge >= 0.3 is 5.97 Å². The molecule has 0 aliphatic heterocycles. The molecule has 0 amide bonds. The number of aryl methyl sites for hydroxylation is 2. The molecule has 1 N–H and O–H groups in total. The highest BCUT2D eigenvalue weighted by Gasteiger charge is 2.19. The van der Waals surface area contributed by atoms with Crippen LogP contribution in [-0.2, 0) is 7.05 Å². The molecule has 2 heterocycles. The summed E-state index contributed by atoms with van der Waals surface area (Å²) in [5.74, 6) is -1.01. The van der Waals surface area contributed by atoms with E-state index in [1.165, 1.54) is 16.8 Å². The Kier molecular flexibility index (Phi) is 2.28. The molecule has 0 unspecified atom stereocenters. The Hall–Kier alpha value is -1.69. The Bertz CT molecular complexity index is 496. The lowest BCUT2D eigenvalue weighted by atomic mass is 10.2. The van der Waals surface area contributed by atoms with Crippen molar-refractivity contribution in [2.75, 3.05) is 0 Å². The van der Waals surface area contributed by atoms with E-state index in [1.807, 2.05) is 6.92 Å². The molecule has 78 valence electrons. The summed E-state index contributed by atoms with van der Waals surface area (Å²) in [5, 5.41) is 13.0. The Morgan fingerprint density at radius 2 is 2.33 bits per heavy atom. The standard InChI is InChI=1S/C9H9N3O2S/c1-5-3-11-12(2)7(5)8-6(9(13)14)10-4-15-8/h3-4H,1-2H3,(H,13,14). The number of carbonyl (C=O) groups is 1. The molecule has 6 heteroatoms. The van der Waals surface area contributed by atoms with Crippen molar-refractivity contribution in [1.82, 2.24) is 14.8 Å². The van der Waals surface area contributed by atoms with Crippen LogP contribution in [0.3, 0.4) is 0 Å². The van der Waals surface area contributed by atoms with Gasteiger partial charge in [0.15, 0.2) is 5.69 Å². The topological polar surface area (TPSA) is 68.0 Å². The summed E-state index contributed by atoms with van der Waals surface area (Å²) in [6, 6.07) is 0. The zero-order valence-corrected chi connectivity index (χ0v) is 9.08. The van der Waals surface area contributed by atoms with Crippen molar-refractivity contribution in [2.24, 2.45) is 7.05 Å². The monoisotopic (exact) mass is 223 g/mol. The van der Waals surface area contributed by atoms with Crippen LogP contribution in [0.25, 0.3) is 10.6 Å². The quantitative estimate of drug-likeness (QED) is 0.838. The molecule has 0 bridgehead atoms. The molecule has 2 rings (SSSR count). The molecule has 0 saturated heterocycles. The maximum Gasteiger partial charge on any atom is 0.356 e. The first kappa shape index (κ1) is 9.85. The largest absolute Gasteiger partial charge is 0.476 e. The number of hydrogen-bond acceptors (Lipinski definition) is 4. The van der Waals surface area contributed by atoms with Gasteiger partial charge in [-0.3, -0.25) is 4.68 Å². The number of aromatic nitrogens is 3. The average molecular weight is 223 g/mol. The van der Waals surface area contributed by atoms with E-state index in [1.54, 1.807) is 17.9 Å². The minimum absolute atomic E-state index is 0.0895. The van der Waals surface area contributed by atoms with Gasteiger partial charge in [0.05, 0.1) is 22.3 Å². The van der Waals surface area contributed by atoms with E-state index in [-0.39, 0.29) is 5.69 Å². The second-order valence-electron chi connectivity index (χ2n) is 3.14. The molecular formula is C9H9N3O2S. The van der Waals surface area contributed by atoms with Crippen molar-refractivity contribution < 1.29 is 9.90 Å². The summed E-state index contributed by atoms with van der Waals surface area (Å²) in [4.78, 5) is 15.4. The van der Waals surface area contributed by atoms with Gasteiger partial charge in [-0.15, -0.1) is 11.3 Å². The van der Waals surface area contributed by atoms with Crippen molar-refractivity contribution in [3.63, 3.8) is 0 Å². The normalized spacial score (nSPS) is 10.5. The number of carboxylic acids is 1. The van der Waals surface area contributed by atoms with Gasteiger partial charge in [-0.25, -0.2) is 9.78 Å². The smallest absolute Gasteiger partial charge is 0.356 e. The number of rotatable bonds is 2. The van der Waals surface area contributed by atoms with Crippen LogP contribution in [0.1, 0.15) is 16.1 Å². The van der Waals surface area contributed by atoms with Crippen LogP contribution in [0.2, 0.25) is 0 Å². The zero-order chi connectivity index (χ0) is 11.0.